The van der Waals surface area contributed by atoms with E-state index in [9.17, 15) is 14.4 Å². The molecule has 1 saturated heterocycles. The second kappa shape index (κ2) is 19.1. The van der Waals surface area contributed by atoms with Crippen molar-refractivity contribution in [1.29, 1.82) is 0 Å². The number of aromatic nitrogens is 1. The van der Waals surface area contributed by atoms with Crippen LogP contribution in [0, 0.1) is 0 Å². The highest BCUT2D eigenvalue weighted by molar-refractivity contribution is 14.1. The summed E-state index contributed by atoms with van der Waals surface area (Å²) in [6.07, 6.45) is 3.10. The first-order chi connectivity index (χ1) is 29.9. The molecule has 0 saturated carbocycles. The zero-order chi connectivity index (χ0) is 42.2. The monoisotopic (exact) mass is 957 g/mol. The lowest BCUT2D eigenvalue weighted by Gasteiger charge is -2.49. The number of β-lactam (4-membered cyclic amide) rings is 1. The molecular weight excluding hydrogens is 918 g/mol. The fraction of sp³-hybridized carbons (Fsp3) is 0.146. The van der Waals surface area contributed by atoms with Crippen LogP contribution < -0.4 is 10.6 Å². The van der Waals surface area contributed by atoms with Gasteiger partial charge in [-0.05, 0) is 33.4 Å². The van der Waals surface area contributed by atoms with Crippen molar-refractivity contribution >= 4 is 74.3 Å². The van der Waals surface area contributed by atoms with E-state index < -0.39 is 40.8 Å². The van der Waals surface area contributed by atoms with Crippen molar-refractivity contribution in [3.8, 4) is 0 Å². The third-order valence-corrected chi connectivity index (χ3v) is 12.9. The maximum atomic E-state index is 14.3. The summed E-state index contributed by atoms with van der Waals surface area (Å²) >= 11 is 5.01. The molecular formula is C48H40IN5O5S2. The van der Waals surface area contributed by atoms with Gasteiger partial charge in [0.25, 0.3) is 11.8 Å². The number of carbonyl (C=O) groups excluding carboxylic acids is 3. The van der Waals surface area contributed by atoms with Gasteiger partial charge in [0, 0.05) is 15.6 Å². The number of carbonyl (C=O) groups is 3. The molecule has 0 spiro atoms. The van der Waals surface area contributed by atoms with Crippen LogP contribution in [-0.2, 0) is 29.5 Å². The molecule has 6 aromatic rings. The number of thiazole rings is 1. The Balaban J connectivity index is 1.05. The average molecular weight is 958 g/mol. The minimum atomic E-state index is -0.949. The summed E-state index contributed by atoms with van der Waals surface area (Å²) in [5.41, 5.74) is 4.72. The number of benzene rings is 5. The number of hydrogen-bond acceptors (Lipinski definition) is 10. The lowest BCUT2D eigenvalue weighted by molar-refractivity contribution is -0.154. The van der Waals surface area contributed by atoms with Gasteiger partial charge in [-0.15, -0.1) is 23.1 Å². The van der Waals surface area contributed by atoms with Gasteiger partial charge in [0.05, 0.1) is 0 Å². The average Bonchev–Trinajstić information content (AvgIpc) is 3.79. The Morgan fingerprint density at radius 1 is 0.852 bits per heavy atom. The maximum Gasteiger partial charge on any atom is 0.356 e. The van der Waals surface area contributed by atoms with E-state index in [0.717, 1.165) is 27.8 Å². The number of anilines is 1. The summed E-state index contributed by atoms with van der Waals surface area (Å²) in [4.78, 5) is 54.0. The van der Waals surface area contributed by atoms with Gasteiger partial charge in [-0.2, -0.15) is 0 Å². The predicted octanol–water partition coefficient (Wildman–Crippen LogP) is 8.88. The molecule has 5 aromatic carbocycles. The molecule has 2 N–H and O–H groups in total. The molecule has 8 rings (SSSR count). The number of oxime groups is 1. The van der Waals surface area contributed by atoms with Gasteiger partial charge < -0.3 is 20.2 Å². The van der Waals surface area contributed by atoms with Crippen LogP contribution in [0.5, 0.6) is 0 Å². The number of esters is 1. The number of halogens is 1. The van der Waals surface area contributed by atoms with E-state index >= 15 is 0 Å². The van der Waals surface area contributed by atoms with Gasteiger partial charge in [0.15, 0.2) is 16.9 Å². The molecule has 1 fully saturated rings. The Morgan fingerprint density at radius 2 is 1.38 bits per heavy atom. The number of ether oxygens (including phenoxy) is 1. The Kier molecular flexibility index (Phi) is 13.1. The predicted molar refractivity (Wildman–Crippen MR) is 249 cm³/mol. The van der Waals surface area contributed by atoms with E-state index in [1.165, 1.54) is 35.1 Å². The fourth-order valence-electron chi connectivity index (χ4n) is 7.58. The molecule has 2 amide bonds. The molecule has 10 nitrogen and oxygen atoms in total. The first kappa shape index (κ1) is 41.7. The number of fused-ring (bicyclic) bond motifs is 1. The van der Waals surface area contributed by atoms with Crippen LogP contribution >= 0.6 is 45.7 Å². The van der Waals surface area contributed by atoms with E-state index in [1.807, 2.05) is 127 Å². The Bertz CT molecular complexity index is 2440. The lowest BCUT2D eigenvalue weighted by Crippen LogP contribution is -2.71. The number of thioether (sulfide) groups is 1. The molecule has 61 heavy (non-hydrogen) atoms. The third kappa shape index (κ3) is 8.63. The molecule has 3 heterocycles. The normalized spacial score (nSPS) is 16.5. The van der Waals surface area contributed by atoms with E-state index in [1.54, 1.807) is 5.38 Å². The standard InChI is InChI=1S/C48H40IN5O5S2/c1-58-53-39(38-31-61-47(50-38)52-48(35-23-11-4-12-24-35,36-25-13-5-14-26-36)37-27-15-6-16-28-37)43(55)51-40-44(56)54-41(34(22-17-29-49)30-60-45(40)54)46(57)59-42(32-18-7-2-8-19-32)33-20-9-3-10-21-33/h2-28,31,40,42,45H,29-30H2,1H3,(H,50,52)(H,51,55)/b22-17?,53-39+/t40?,45-/m1/s1. The summed E-state index contributed by atoms with van der Waals surface area (Å²) in [5.74, 6) is -1.29. The van der Waals surface area contributed by atoms with Gasteiger partial charge in [-0.1, -0.05) is 192 Å². The molecule has 0 radical (unpaired) electrons. The van der Waals surface area contributed by atoms with Crippen molar-refractivity contribution in [3.05, 3.63) is 214 Å². The summed E-state index contributed by atoms with van der Waals surface area (Å²) in [5, 5.41) is 12.4. The number of nitrogens with zero attached hydrogens (tertiary/aromatic N) is 3. The molecule has 2 atom stereocenters. The molecule has 1 unspecified atom stereocenters. The highest BCUT2D eigenvalue weighted by Crippen LogP contribution is 2.43. The van der Waals surface area contributed by atoms with Crippen LogP contribution in [0.2, 0.25) is 0 Å². The number of rotatable bonds is 15. The van der Waals surface area contributed by atoms with Crippen LogP contribution in [-0.4, -0.2) is 62.1 Å². The van der Waals surface area contributed by atoms with Crippen LogP contribution in [0.1, 0.15) is 39.6 Å². The summed E-state index contributed by atoms with van der Waals surface area (Å²) in [6, 6.07) is 48.4. The fourth-order valence-corrected chi connectivity index (χ4v) is 9.90. The number of hydrogen-bond donors (Lipinski definition) is 2. The van der Waals surface area contributed by atoms with Crippen LogP contribution in [0.25, 0.3) is 0 Å². The van der Waals surface area contributed by atoms with Crippen molar-refractivity contribution in [2.75, 3.05) is 22.6 Å². The van der Waals surface area contributed by atoms with Gasteiger partial charge in [-0.25, -0.2) is 9.78 Å². The molecule has 0 aliphatic carbocycles. The number of alkyl halides is 1. The Labute approximate surface area is 375 Å². The quantitative estimate of drug-likeness (QED) is 0.0199. The molecule has 2 aliphatic heterocycles. The molecule has 2 aliphatic rings. The van der Waals surface area contributed by atoms with Gasteiger partial charge in [0.2, 0.25) is 0 Å². The van der Waals surface area contributed by atoms with E-state index in [-0.39, 0.29) is 17.1 Å². The zero-order valence-electron chi connectivity index (χ0n) is 32.9. The highest BCUT2D eigenvalue weighted by atomic mass is 127. The summed E-state index contributed by atoms with van der Waals surface area (Å²) in [7, 11) is 1.35. The summed E-state index contributed by atoms with van der Waals surface area (Å²) < 4.78 is 6.98. The topological polar surface area (TPSA) is 122 Å². The van der Waals surface area contributed by atoms with E-state index in [2.05, 4.69) is 74.8 Å². The summed E-state index contributed by atoms with van der Waals surface area (Å²) in [6.45, 7) is 0. The smallest absolute Gasteiger partial charge is 0.356 e. The maximum absolute atomic E-state index is 14.3. The van der Waals surface area contributed by atoms with Crippen molar-refractivity contribution < 1.29 is 24.0 Å². The van der Waals surface area contributed by atoms with Crippen LogP contribution in [0.3, 0.4) is 0 Å². The van der Waals surface area contributed by atoms with Gasteiger partial charge in [-0.3, -0.25) is 14.5 Å². The number of nitrogens with one attached hydrogen (secondary N) is 2. The highest BCUT2D eigenvalue weighted by Gasteiger charge is 2.55. The molecule has 1 aromatic heterocycles. The van der Waals surface area contributed by atoms with Crippen molar-refractivity contribution in [2.45, 2.75) is 23.1 Å². The van der Waals surface area contributed by atoms with Crippen LogP contribution in [0.15, 0.2) is 186 Å². The first-order valence-corrected chi connectivity index (χ1v) is 22.9. The molecule has 13 heteroatoms. The van der Waals surface area contributed by atoms with E-state index in [4.69, 9.17) is 14.6 Å². The van der Waals surface area contributed by atoms with Crippen molar-refractivity contribution in [2.24, 2.45) is 5.16 Å². The molecule has 0 bridgehead atoms. The van der Waals surface area contributed by atoms with Crippen molar-refractivity contribution in [3.63, 3.8) is 0 Å². The van der Waals surface area contributed by atoms with Gasteiger partial charge >= 0.3 is 5.97 Å². The Hall–Kier alpha value is -6.03. The number of amides is 2. The largest absolute Gasteiger partial charge is 0.448 e. The minimum absolute atomic E-state index is 0.0991. The lowest BCUT2D eigenvalue weighted by atomic mass is 9.77. The second-order valence-corrected chi connectivity index (χ2v) is 16.9. The minimum Gasteiger partial charge on any atom is -0.448 e. The van der Waals surface area contributed by atoms with E-state index in [0.29, 0.717) is 20.9 Å². The third-order valence-electron chi connectivity index (χ3n) is 10.4. The SMILES string of the molecule is CO/N=C(/C(=O)NC1C(=O)N2C(C(=O)OC(c3ccccc3)c3ccccc3)=C(C=CCI)CS[C@H]12)c1csc(NC(c2ccccc2)(c2ccccc2)c2ccccc2)n1. The van der Waals surface area contributed by atoms with Crippen molar-refractivity contribution in [1.82, 2.24) is 15.2 Å². The zero-order valence-corrected chi connectivity index (χ0v) is 36.7. The van der Waals surface area contributed by atoms with Crippen LogP contribution in [0.4, 0.5) is 5.13 Å². The second-order valence-electron chi connectivity index (χ2n) is 14.0. The number of allylic oxidation sites excluding steroid dienone is 2. The van der Waals surface area contributed by atoms with Gasteiger partial charge in [0.1, 0.15) is 35.5 Å². The Morgan fingerprint density at radius 3 is 1.89 bits per heavy atom. The first-order valence-electron chi connectivity index (χ1n) is 19.5. The molecule has 306 valence electrons.